The number of carbonyl (C=O) groups is 3. The molecule has 1 saturated heterocycles. The quantitative estimate of drug-likeness (QED) is 0.657. The van der Waals surface area contributed by atoms with E-state index in [-0.39, 0.29) is 12.5 Å². The van der Waals surface area contributed by atoms with Gasteiger partial charge >= 0.3 is 12.1 Å². The zero-order valence-corrected chi connectivity index (χ0v) is 18.3. The Balaban J connectivity index is 1.58. The number of hydrogen-bond donors (Lipinski definition) is 2. The number of carbonyl (C=O) groups excluding carboxylic acids is 3. The second-order valence-electron chi connectivity index (χ2n) is 8.67. The van der Waals surface area contributed by atoms with Crippen molar-refractivity contribution >= 4 is 29.2 Å². The number of amides is 2. The molecule has 168 valence electrons. The molecule has 0 radical (unpaired) electrons. The van der Waals surface area contributed by atoms with E-state index in [1.807, 2.05) is 30.3 Å². The molecule has 2 N–H and O–H groups in total. The van der Waals surface area contributed by atoms with E-state index >= 15 is 0 Å². The van der Waals surface area contributed by atoms with E-state index in [4.69, 9.17) is 9.47 Å². The van der Waals surface area contributed by atoms with Crippen LogP contribution in [0.5, 0.6) is 0 Å². The predicted molar refractivity (Wildman–Crippen MR) is 114 cm³/mol. The molecule has 1 aromatic rings. The van der Waals surface area contributed by atoms with E-state index < -0.39 is 30.0 Å². The molecule has 0 aliphatic carbocycles. The number of cyclic esters (lactones) is 1. The van der Waals surface area contributed by atoms with Crippen LogP contribution >= 0.6 is 0 Å². The number of benzene rings is 1. The molecule has 2 amide bonds. The average molecular weight is 431 g/mol. The molecule has 31 heavy (non-hydrogen) atoms. The first-order valence-electron chi connectivity index (χ1n) is 10.2. The first kappa shape index (κ1) is 22.8. The van der Waals surface area contributed by atoms with Crippen molar-refractivity contribution in [3.63, 3.8) is 0 Å². The van der Waals surface area contributed by atoms with Crippen molar-refractivity contribution in [2.75, 3.05) is 31.1 Å². The van der Waals surface area contributed by atoms with Gasteiger partial charge in [0.05, 0.1) is 13.1 Å². The third kappa shape index (κ3) is 5.83. The van der Waals surface area contributed by atoms with Crippen molar-refractivity contribution < 1.29 is 29.0 Å². The van der Waals surface area contributed by atoms with Crippen LogP contribution in [0.25, 0.3) is 5.57 Å². The SMILES string of the molecule is CC(=O)NC[C@H]1CN(c2ccc(C3=CCN([C@H](O)C(=O)OC(C)(C)C)C3)cc2)C(=O)O1. The highest BCUT2D eigenvalue weighted by molar-refractivity contribution is 5.90. The molecule has 9 heteroatoms. The van der Waals surface area contributed by atoms with Crippen molar-refractivity contribution in [1.29, 1.82) is 0 Å². The van der Waals surface area contributed by atoms with Crippen molar-refractivity contribution in [3.8, 4) is 0 Å². The Morgan fingerprint density at radius 1 is 1.29 bits per heavy atom. The van der Waals surface area contributed by atoms with Crippen LogP contribution in [0.3, 0.4) is 0 Å². The van der Waals surface area contributed by atoms with Gasteiger partial charge in [-0.3, -0.25) is 14.6 Å². The number of anilines is 1. The van der Waals surface area contributed by atoms with Gasteiger partial charge in [0.1, 0.15) is 11.7 Å². The summed E-state index contributed by atoms with van der Waals surface area (Å²) in [4.78, 5) is 38.5. The van der Waals surface area contributed by atoms with Gasteiger partial charge in [0, 0.05) is 25.7 Å². The first-order chi connectivity index (χ1) is 14.5. The number of nitrogens with one attached hydrogen (secondary N) is 1. The second kappa shape index (κ2) is 9.07. The minimum Gasteiger partial charge on any atom is -0.457 e. The maximum Gasteiger partial charge on any atom is 0.414 e. The Labute approximate surface area is 181 Å². The van der Waals surface area contributed by atoms with Crippen LogP contribution in [0.1, 0.15) is 33.3 Å². The van der Waals surface area contributed by atoms with Crippen molar-refractivity contribution in [2.24, 2.45) is 0 Å². The number of esters is 1. The van der Waals surface area contributed by atoms with E-state index in [0.29, 0.717) is 25.3 Å². The number of hydrogen-bond acceptors (Lipinski definition) is 7. The summed E-state index contributed by atoms with van der Waals surface area (Å²) in [5.74, 6) is -0.839. The van der Waals surface area contributed by atoms with Crippen LogP contribution < -0.4 is 10.2 Å². The molecule has 0 aromatic heterocycles. The number of aliphatic hydroxyl groups is 1. The van der Waals surface area contributed by atoms with Gasteiger partial charge in [-0.25, -0.2) is 9.59 Å². The highest BCUT2D eigenvalue weighted by atomic mass is 16.6. The standard InChI is InChI=1S/C22H29N3O6/c1-14(26)23-11-18-13-25(21(29)30-18)17-7-5-15(6-8-17)16-9-10-24(12-16)19(27)20(28)31-22(2,3)4/h5-9,18-19,27H,10-13H2,1-4H3,(H,23,26)/t18-,19+/m0/s1. The molecule has 2 aliphatic rings. The van der Waals surface area contributed by atoms with Gasteiger partial charge in [-0.05, 0) is 44.0 Å². The summed E-state index contributed by atoms with van der Waals surface area (Å²) in [6.45, 7) is 8.15. The van der Waals surface area contributed by atoms with Crippen LogP contribution in [0, 0.1) is 0 Å². The van der Waals surface area contributed by atoms with Crippen LogP contribution in [0.2, 0.25) is 0 Å². The molecule has 2 heterocycles. The maximum atomic E-state index is 12.2. The van der Waals surface area contributed by atoms with E-state index in [0.717, 1.165) is 11.1 Å². The molecule has 2 aliphatic heterocycles. The van der Waals surface area contributed by atoms with Crippen LogP contribution in [-0.4, -0.2) is 72.1 Å². The molecular formula is C22H29N3O6. The number of nitrogens with zero attached hydrogens (tertiary/aromatic N) is 2. The van der Waals surface area contributed by atoms with Gasteiger partial charge in [0.25, 0.3) is 0 Å². The van der Waals surface area contributed by atoms with Gasteiger partial charge in [-0.15, -0.1) is 0 Å². The summed E-state index contributed by atoms with van der Waals surface area (Å²) in [7, 11) is 0. The minimum absolute atomic E-state index is 0.172. The smallest absolute Gasteiger partial charge is 0.414 e. The van der Waals surface area contributed by atoms with E-state index in [2.05, 4.69) is 5.32 Å². The lowest BCUT2D eigenvalue weighted by molar-refractivity contribution is -0.174. The van der Waals surface area contributed by atoms with Gasteiger partial charge < -0.3 is 19.9 Å². The highest BCUT2D eigenvalue weighted by Crippen LogP contribution is 2.27. The Morgan fingerprint density at radius 3 is 2.58 bits per heavy atom. The molecule has 0 saturated carbocycles. The number of rotatable bonds is 6. The van der Waals surface area contributed by atoms with Gasteiger partial charge in [0.15, 0.2) is 0 Å². The molecule has 0 unspecified atom stereocenters. The third-order valence-electron chi connectivity index (χ3n) is 4.91. The van der Waals surface area contributed by atoms with Gasteiger partial charge in [-0.1, -0.05) is 18.2 Å². The lowest BCUT2D eigenvalue weighted by Crippen LogP contribution is -2.43. The lowest BCUT2D eigenvalue weighted by atomic mass is 10.1. The highest BCUT2D eigenvalue weighted by Gasteiger charge is 2.33. The van der Waals surface area contributed by atoms with Gasteiger partial charge in [0.2, 0.25) is 12.1 Å². The average Bonchev–Trinajstić information content (AvgIpc) is 3.31. The summed E-state index contributed by atoms with van der Waals surface area (Å²) in [5.41, 5.74) is 1.94. The Hall–Kier alpha value is -2.91. The summed E-state index contributed by atoms with van der Waals surface area (Å²) in [6.07, 6.45) is -0.213. The largest absolute Gasteiger partial charge is 0.457 e. The molecule has 0 bridgehead atoms. The normalized spacial score (nSPS) is 20.3. The van der Waals surface area contributed by atoms with E-state index in [9.17, 15) is 19.5 Å². The van der Waals surface area contributed by atoms with Crippen molar-refractivity contribution in [1.82, 2.24) is 10.2 Å². The fraction of sp³-hybridized carbons (Fsp3) is 0.500. The summed E-state index contributed by atoms with van der Waals surface area (Å²) in [6, 6.07) is 7.42. The zero-order valence-electron chi connectivity index (χ0n) is 18.3. The zero-order chi connectivity index (χ0) is 22.8. The first-order valence-corrected chi connectivity index (χ1v) is 10.2. The molecular weight excluding hydrogens is 402 g/mol. The van der Waals surface area contributed by atoms with E-state index in [1.165, 1.54) is 11.8 Å². The lowest BCUT2D eigenvalue weighted by Gasteiger charge is -2.26. The molecule has 1 aromatic carbocycles. The molecule has 3 rings (SSSR count). The fourth-order valence-corrected chi connectivity index (χ4v) is 3.43. The Bertz CT molecular complexity index is 874. The number of ether oxygens (including phenoxy) is 2. The molecule has 1 fully saturated rings. The van der Waals surface area contributed by atoms with Crippen molar-refractivity contribution in [2.45, 2.75) is 45.6 Å². The number of aliphatic hydroxyl groups excluding tert-OH is 1. The maximum absolute atomic E-state index is 12.2. The van der Waals surface area contributed by atoms with Crippen LogP contribution in [-0.2, 0) is 19.1 Å². The van der Waals surface area contributed by atoms with Crippen LogP contribution in [0.15, 0.2) is 30.3 Å². The minimum atomic E-state index is -1.33. The molecule has 0 spiro atoms. The summed E-state index contributed by atoms with van der Waals surface area (Å²) in [5, 5.41) is 13.0. The second-order valence-corrected chi connectivity index (χ2v) is 8.67. The fourth-order valence-electron chi connectivity index (χ4n) is 3.43. The Morgan fingerprint density at radius 2 is 1.97 bits per heavy atom. The predicted octanol–water partition coefficient (Wildman–Crippen LogP) is 1.51. The molecule has 9 nitrogen and oxygen atoms in total. The summed E-state index contributed by atoms with van der Waals surface area (Å²) >= 11 is 0. The molecule has 2 atom stereocenters. The van der Waals surface area contributed by atoms with Crippen molar-refractivity contribution in [3.05, 3.63) is 35.9 Å². The monoisotopic (exact) mass is 431 g/mol. The van der Waals surface area contributed by atoms with Gasteiger partial charge in [-0.2, -0.15) is 0 Å². The third-order valence-corrected chi connectivity index (χ3v) is 4.91. The van der Waals surface area contributed by atoms with Crippen LogP contribution in [0.4, 0.5) is 10.5 Å². The Kier molecular flexibility index (Phi) is 6.66. The topological polar surface area (TPSA) is 108 Å². The summed E-state index contributed by atoms with van der Waals surface area (Å²) < 4.78 is 10.5. The van der Waals surface area contributed by atoms with E-state index in [1.54, 1.807) is 25.7 Å².